The molecule has 0 aromatic heterocycles. The van der Waals surface area contributed by atoms with E-state index in [0.717, 1.165) is 5.75 Å². The van der Waals surface area contributed by atoms with Gasteiger partial charge in [-0.3, -0.25) is 0 Å². The second-order valence-corrected chi connectivity index (χ2v) is 2.74. The van der Waals surface area contributed by atoms with E-state index in [0.29, 0.717) is 0 Å². The number of hydrogen-bond acceptors (Lipinski definition) is 2. The van der Waals surface area contributed by atoms with E-state index < -0.39 is 0 Å². The van der Waals surface area contributed by atoms with E-state index in [9.17, 15) is 0 Å². The molecular formula is C10H14NO. The van der Waals surface area contributed by atoms with Gasteiger partial charge in [-0.2, -0.15) is 0 Å². The van der Waals surface area contributed by atoms with Crippen LogP contribution >= 0.6 is 0 Å². The molecule has 0 fully saturated rings. The van der Waals surface area contributed by atoms with E-state index in [1.165, 1.54) is 5.69 Å². The van der Waals surface area contributed by atoms with E-state index >= 15 is 0 Å². The summed E-state index contributed by atoms with van der Waals surface area (Å²) in [6, 6.07) is 7.96. The number of anilines is 1. The normalized spacial score (nSPS) is 9.58. The van der Waals surface area contributed by atoms with Gasteiger partial charge >= 0.3 is 0 Å². The Morgan fingerprint density at radius 1 is 1.17 bits per heavy atom. The predicted molar refractivity (Wildman–Crippen MR) is 51.4 cm³/mol. The minimum atomic E-state index is 0.878. The number of nitrogens with zero attached hydrogens (tertiary/aromatic N) is 1. The molecule has 12 heavy (non-hydrogen) atoms. The highest BCUT2D eigenvalue weighted by Gasteiger charge is 1.94. The Bertz CT molecular complexity index is 228. The molecule has 0 heterocycles. The summed E-state index contributed by atoms with van der Waals surface area (Å²) in [4.78, 5) is 2.06. The molecule has 2 heteroatoms. The smallest absolute Gasteiger partial charge is 0.132 e. The van der Waals surface area contributed by atoms with Gasteiger partial charge in [-0.15, -0.1) is 0 Å². The fraction of sp³-hybridized carbons (Fsp3) is 0.300. The van der Waals surface area contributed by atoms with E-state index in [-0.39, 0.29) is 0 Å². The van der Waals surface area contributed by atoms with Crippen LogP contribution in [0.3, 0.4) is 0 Å². The summed E-state index contributed by atoms with van der Waals surface area (Å²) in [5.74, 6) is 0.878. The fourth-order valence-corrected chi connectivity index (χ4v) is 0.959. The van der Waals surface area contributed by atoms with Gasteiger partial charge in [0.1, 0.15) is 12.4 Å². The highest BCUT2D eigenvalue weighted by Crippen LogP contribution is 2.17. The summed E-state index contributed by atoms with van der Waals surface area (Å²) < 4.78 is 5.20. The molecule has 0 saturated carbocycles. The maximum atomic E-state index is 5.20. The van der Waals surface area contributed by atoms with E-state index in [1.807, 2.05) is 45.3 Å². The molecule has 0 saturated heterocycles. The third kappa shape index (κ3) is 2.16. The molecule has 1 rings (SSSR count). The lowest BCUT2D eigenvalue weighted by molar-refractivity contribution is 0.416. The summed E-state index contributed by atoms with van der Waals surface area (Å²) in [5, 5.41) is 0. The van der Waals surface area contributed by atoms with Crippen LogP contribution < -0.4 is 9.64 Å². The van der Waals surface area contributed by atoms with Gasteiger partial charge in [0.2, 0.25) is 0 Å². The van der Waals surface area contributed by atoms with Gasteiger partial charge in [0.05, 0.1) is 0 Å². The van der Waals surface area contributed by atoms with Crippen molar-refractivity contribution in [1.82, 2.24) is 0 Å². The van der Waals surface area contributed by atoms with Crippen molar-refractivity contribution in [3.63, 3.8) is 0 Å². The second-order valence-electron chi connectivity index (χ2n) is 2.74. The quantitative estimate of drug-likeness (QED) is 0.679. The third-order valence-electron chi connectivity index (χ3n) is 1.61. The molecule has 0 spiro atoms. The molecule has 1 radical (unpaired) electrons. The minimum absolute atomic E-state index is 0.878. The molecule has 0 atom stereocenters. The van der Waals surface area contributed by atoms with E-state index in [2.05, 4.69) is 4.90 Å². The zero-order valence-electron chi connectivity index (χ0n) is 7.74. The van der Waals surface area contributed by atoms with Crippen LogP contribution in [-0.4, -0.2) is 14.1 Å². The van der Waals surface area contributed by atoms with Crippen molar-refractivity contribution in [2.24, 2.45) is 0 Å². The first kappa shape index (κ1) is 8.91. The average Bonchev–Trinajstić information content (AvgIpc) is 2.06. The van der Waals surface area contributed by atoms with Crippen LogP contribution in [0.15, 0.2) is 24.3 Å². The topological polar surface area (TPSA) is 12.5 Å². The Morgan fingerprint density at radius 3 is 2.17 bits per heavy atom. The highest BCUT2D eigenvalue weighted by molar-refractivity contribution is 5.47. The molecule has 0 aliphatic carbocycles. The Labute approximate surface area is 73.8 Å². The minimum Gasteiger partial charge on any atom is -0.487 e. The molecule has 1 aromatic carbocycles. The lowest BCUT2D eigenvalue weighted by Gasteiger charge is -2.12. The summed E-state index contributed by atoms with van der Waals surface area (Å²) in [5.41, 5.74) is 1.18. The third-order valence-corrected chi connectivity index (χ3v) is 1.61. The van der Waals surface area contributed by atoms with E-state index in [4.69, 9.17) is 4.74 Å². The van der Waals surface area contributed by atoms with Crippen LogP contribution in [0.4, 0.5) is 5.69 Å². The highest BCUT2D eigenvalue weighted by atomic mass is 16.5. The standard InChI is InChI=1S/C10H14NO/c1-4-12-10-7-5-9(6-8-10)11(2)3/h4-8H,1-3H3. The predicted octanol–water partition coefficient (Wildman–Crippen LogP) is 2.31. The Morgan fingerprint density at radius 2 is 1.75 bits per heavy atom. The number of hydrogen-bond donors (Lipinski definition) is 0. The van der Waals surface area contributed by atoms with E-state index in [1.54, 1.807) is 6.61 Å². The van der Waals surface area contributed by atoms with Crippen LogP contribution in [0.1, 0.15) is 6.92 Å². The summed E-state index contributed by atoms with van der Waals surface area (Å²) in [7, 11) is 4.03. The zero-order valence-corrected chi connectivity index (χ0v) is 7.74. The number of benzene rings is 1. The van der Waals surface area contributed by atoms with Crippen molar-refractivity contribution < 1.29 is 4.74 Å². The van der Waals surface area contributed by atoms with Gasteiger partial charge < -0.3 is 9.64 Å². The average molecular weight is 164 g/mol. The van der Waals surface area contributed by atoms with Crippen LogP contribution in [0.5, 0.6) is 5.75 Å². The van der Waals surface area contributed by atoms with Crippen molar-refractivity contribution in [2.75, 3.05) is 19.0 Å². The first-order chi connectivity index (χ1) is 5.74. The molecule has 0 N–H and O–H groups in total. The van der Waals surface area contributed by atoms with Gasteiger partial charge in [0.25, 0.3) is 0 Å². The number of ether oxygens (including phenoxy) is 1. The largest absolute Gasteiger partial charge is 0.487 e. The molecule has 0 bridgehead atoms. The maximum absolute atomic E-state index is 5.20. The Kier molecular flexibility index (Phi) is 2.97. The summed E-state index contributed by atoms with van der Waals surface area (Å²) >= 11 is 0. The summed E-state index contributed by atoms with van der Waals surface area (Å²) in [6.45, 7) is 3.53. The molecule has 65 valence electrons. The molecule has 0 amide bonds. The fourth-order valence-electron chi connectivity index (χ4n) is 0.959. The van der Waals surface area contributed by atoms with Crippen molar-refractivity contribution in [3.8, 4) is 5.75 Å². The Hall–Kier alpha value is -1.18. The van der Waals surface area contributed by atoms with Crippen LogP contribution in [0, 0.1) is 6.61 Å². The van der Waals surface area contributed by atoms with Gasteiger partial charge in [0, 0.05) is 19.8 Å². The first-order valence-electron chi connectivity index (χ1n) is 3.96. The van der Waals surface area contributed by atoms with Gasteiger partial charge in [-0.05, 0) is 31.2 Å². The van der Waals surface area contributed by atoms with Crippen molar-refractivity contribution >= 4 is 5.69 Å². The molecule has 2 nitrogen and oxygen atoms in total. The Balaban J connectivity index is 2.71. The number of rotatable bonds is 3. The lowest BCUT2D eigenvalue weighted by atomic mass is 10.3. The first-order valence-corrected chi connectivity index (χ1v) is 3.96. The SMILES string of the molecule is C[CH]Oc1ccc(N(C)C)cc1. The molecule has 1 aromatic rings. The van der Waals surface area contributed by atoms with Crippen molar-refractivity contribution in [1.29, 1.82) is 0 Å². The van der Waals surface area contributed by atoms with Crippen LogP contribution in [0.2, 0.25) is 0 Å². The van der Waals surface area contributed by atoms with Gasteiger partial charge in [-0.25, -0.2) is 0 Å². The summed E-state index contributed by atoms with van der Waals surface area (Å²) in [6.07, 6.45) is 0. The lowest BCUT2D eigenvalue weighted by Crippen LogP contribution is -2.07. The molecule has 0 aliphatic heterocycles. The van der Waals surface area contributed by atoms with Crippen LogP contribution in [0.25, 0.3) is 0 Å². The van der Waals surface area contributed by atoms with Crippen LogP contribution in [-0.2, 0) is 0 Å². The van der Waals surface area contributed by atoms with Gasteiger partial charge in [0.15, 0.2) is 0 Å². The zero-order chi connectivity index (χ0) is 8.97. The molecular weight excluding hydrogens is 150 g/mol. The van der Waals surface area contributed by atoms with Crippen molar-refractivity contribution in [2.45, 2.75) is 6.92 Å². The van der Waals surface area contributed by atoms with Crippen molar-refractivity contribution in [3.05, 3.63) is 30.9 Å². The maximum Gasteiger partial charge on any atom is 0.132 e. The molecule has 0 unspecified atom stereocenters. The van der Waals surface area contributed by atoms with Gasteiger partial charge in [-0.1, -0.05) is 0 Å². The monoisotopic (exact) mass is 164 g/mol. The second kappa shape index (κ2) is 4.00. The molecule has 0 aliphatic rings.